The van der Waals surface area contributed by atoms with E-state index in [1.165, 1.54) is 17.3 Å². The third-order valence-corrected chi connectivity index (χ3v) is 4.79. The molecule has 1 fully saturated rings. The molecule has 2 aromatic rings. The Hall–Kier alpha value is -2.63. The van der Waals surface area contributed by atoms with Crippen LogP contribution in [0.1, 0.15) is 46.8 Å². The Kier molecular flexibility index (Phi) is 5.16. The van der Waals surface area contributed by atoms with Crippen molar-refractivity contribution in [1.29, 1.82) is 0 Å². The van der Waals surface area contributed by atoms with E-state index in [-0.39, 0.29) is 17.5 Å². The van der Waals surface area contributed by atoms with Gasteiger partial charge in [0.25, 0.3) is 0 Å². The summed E-state index contributed by atoms with van der Waals surface area (Å²) >= 11 is 0. The molecule has 3 rings (SSSR count). The SMILES string of the molecule is Cc1ccc(CCC(=O)N2CCC(n3cc(C(=O)O)cn3)CC2)cc1. The lowest BCUT2D eigenvalue weighted by atomic mass is 10.0. The van der Waals surface area contributed by atoms with Crippen LogP contribution in [0.4, 0.5) is 0 Å². The van der Waals surface area contributed by atoms with Crippen LogP contribution in [-0.2, 0) is 11.2 Å². The number of carboxylic acid groups (broad SMARTS) is 1. The number of amides is 1. The highest BCUT2D eigenvalue weighted by Gasteiger charge is 2.24. The highest BCUT2D eigenvalue weighted by Crippen LogP contribution is 2.23. The van der Waals surface area contributed by atoms with Crippen LogP contribution in [-0.4, -0.2) is 44.8 Å². The Labute approximate surface area is 147 Å². The van der Waals surface area contributed by atoms with Crippen LogP contribution >= 0.6 is 0 Å². The van der Waals surface area contributed by atoms with Gasteiger partial charge in [0.2, 0.25) is 5.91 Å². The Morgan fingerprint density at radius 1 is 1.20 bits per heavy atom. The number of benzene rings is 1. The van der Waals surface area contributed by atoms with E-state index in [0.717, 1.165) is 19.3 Å². The summed E-state index contributed by atoms with van der Waals surface area (Å²) in [4.78, 5) is 25.2. The van der Waals surface area contributed by atoms with E-state index in [4.69, 9.17) is 5.11 Å². The number of rotatable bonds is 5. The number of nitrogens with zero attached hydrogens (tertiary/aromatic N) is 3. The lowest BCUT2D eigenvalue weighted by molar-refractivity contribution is -0.132. The topological polar surface area (TPSA) is 75.4 Å². The normalized spacial score (nSPS) is 15.3. The summed E-state index contributed by atoms with van der Waals surface area (Å²) in [5.74, 6) is -0.777. The quantitative estimate of drug-likeness (QED) is 0.907. The third-order valence-electron chi connectivity index (χ3n) is 4.79. The van der Waals surface area contributed by atoms with E-state index in [1.54, 1.807) is 10.9 Å². The second kappa shape index (κ2) is 7.51. The molecule has 1 saturated heterocycles. The largest absolute Gasteiger partial charge is 0.478 e. The molecule has 1 aliphatic rings. The van der Waals surface area contributed by atoms with Crippen LogP contribution in [0.5, 0.6) is 0 Å². The zero-order chi connectivity index (χ0) is 17.8. The molecule has 0 saturated carbocycles. The summed E-state index contributed by atoms with van der Waals surface area (Å²) in [5.41, 5.74) is 2.62. The molecule has 1 aromatic heterocycles. The average Bonchev–Trinajstić information content (AvgIpc) is 3.11. The average molecular weight is 341 g/mol. The van der Waals surface area contributed by atoms with E-state index in [9.17, 15) is 9.59 Å². The van der Waals surface area contributed by atoms with Crippen molar-refractivity contribution >= 4 is 11.9 Å². The molecule has 0 radical (unpaired) electrons. The van der Waals surface area contributed by atoms with Gasteiger partial charge in [-0.1, -0.05) is 29.8 Å². The first-order valence-corrected chi connectivity index (χ1v) is 8.63. The van der Waals surface area contributed by atoms with Gasteiger partial charge in [-0.15, -0.1) is 0 Å². The molecular formula is C19H23N3O3. The summed E-state index contributed by atoms with van der Waals surface area (Å²) < 4.78 is 1.72. The summed E-state index contributed by atoms with van der Waals surface area (Å²) in [6.07, 6.45) is 5.84. The number of likely N-dealkylation sites (tertiary alicyclic amines) is 1. The fraction of sp³-hybridized carbons (Fsp3) is 0.421. The van der Waals surface area contributed by atoms with Gasteiger partial charge in [0.05, 0.1) is 17.8 Å². The van der Waals surface area contributed by atoms with Crippen molar-refractivity contribution in [3.8, 4) is 0 Å². The standard InChI is InChI=1S/C19H23N3O3/c1-14-2-4-15(5-3-14)6-7-18(23)21-10-8-17(9-11-21)22-13-16(12-20-22)19(24)25/h2-5,12-13,17H,6-11H2,1H3,(H,24,25). The Morgan fingerprint density at radius 2 is 1.88 bits per heavy atom. The van der Waals surface area contributed by atoms with Crippen LogP contribution in [0.2, 0.25) is 0 Å². The predicted molar refractivity (Wildman–Crippen MR) is 93.5 cm³/mol. The molecule has 0 bridgehead atoms. The Morgan fingerprint density at radius 3 is 2.48 bits per heavy atom. The van der Waals surface area contributed by atoms with Crippen LogP contribution in [0.15, 0.2) is 36.7 Å². The van der Waals surface area contributed by atoms with Gasteiger partial charge in [0, 0.05) is 25.7 Å². The molecular weight excluding hydrogens is 318 g/mol. The Balaban J connectivity index is 1.48. The summed E-state index contributed by atoms with van der Waals surface area (Å²) in [6.45, 7) is 3.44. The van der Waals surface area contributed by atoms with Crippen molar-refractivity contribution in [1.82, 2.24) is 14.7 Å². The number of carbonyl (C=O) groups excluding carboxylic acids is 1. The maximum absolute atomic E-state index is 12.4. The molecule has 1 aromatic carbocycles. The maximum atomic E-state index is 12.4. The molecule has 0 unspecified atom stereocenters. The van der Waals surface area contributed by atoms with E-state index < -0.39 is 5.97 Å². The summed E-state index contributed by atoms with van der Waals surface area (Å²) in [7, 11) is 0. The highest BCUT2D eigenvalue weighted by atomic mass is 16.4. The number of hydrogen-bond donors (Lipinski definition) is 1. The van der Waals surface area contributed by atoms with Gasteiger partial charge in [0.15, 0.2) is 0 Å². The second-order valence-corrected chi connectivity index (χ2v) is 6.61. The Bertz CT molecular complexity index is 744. The smallest absolute Gasteiger partial charge is 0.338 e. The third kappa shape index (κ3) is 4.26. The van der Waals surface area contributed by atoms with Crippen LogP contribution in [0.25, 0.3) is 0 Å². The van der Waals surface area contributed by atoms with Crippen LogP contribution in [0, 0.1) is 6.92 Å². The fourth-order valence-corrected chi connectivity index (χ4v) is 3.19. The summed E-state index contributed by atoms with van der Waals surface area (Å²) in [6, 6.07) is 8.45. The minimum Gasteiger partial charge on any atom is -0.478 e. The first-order chi connectivity index (χ1) is 12.0. The molecule has 1 amide bonds. The number of piperidine rings is 1. The van der Waals surface area contributed by atoms with Gasteiger partial charge in [-0.05, 0) is 31.7 Å². The minimum absolute atomic E-state index is 0.161. The van der Waals surface area contributed by atoms with Crippen molar-refractivity contribution in [2.75, 3.05) is 13.1 Å². The zero-order valence-electron chi connectivity index (χ0n) is 14.4. The fourth-order valence-electron chi connectivity index (χ4n) is 3.19. The molecule has 0 spiro atoms. The van der Waals surface area contributed by atoms with E-state index in [1.807, 2.05) is 4.90 Å². The molecule has 0 atom stereocenters. The van der Waals surface area contributed by atoms with E-state index in [0.29, 0.717) is 19.5 Å². The van der Waals surface area contributed by atoms with E-state index in [2.05, 4.69) is 36.3 Å². The molecule has 1 N–H and O–H groups in total. The van der Waals surface area contributed by atoms with Gasteiger partial charge in [-0.25, -0.2) is 4.79 Å². The molecule has 6 heteroatoms. The van der Waals surface area contributed by atoms with Gasteiger partial charge in [0.1, 0.15) is 0 Å². The molecule has 132 valence electrons. The predicted octanol–water partition coefficient (Wildman–Crippen LogP) is 2.69. The zero-order valence-corrected chi connectivity index (χ0v) is 14.4. The van der Waals surface area contributed by atoms with Gasteiger partial charge < -0.3 is 10.0 Å². The van der Waals surface area contributed by atoms with Crippen molar-refractivity contribution in [3.63, 3.8) is 0 Å². The number of aryl methyl sites for hydroxylation is 2. The number of aromatic nitrogens is 2. The van der Waals surface area contributed by atoms with E-state index >= 15 is 0 Å². The number of carbonyl (C=O) groups is 2. The van der Waals surface area contributed by atoms with Crippen molar-refractivity contribution in [2.24, 2.45) is 0 Å². The molecule has 1 aliphatic heterocycles. The molecule has 6 nitrogen and oxygen atoms in total. The summed E-state index contributed by atoms with van der Waals surface area (Å²) in [5, 5.41) is 13.1. The van der Waals surface area contributed by atoms with Crippen molar-refractivity contribution in [3.05, 3.63) is 53.3 Å². The maximum Gasteiger partial charge on any atom is 0.338 e. The number of carboxylic acids is 1. The lowest BCUT2D eigenvalue weighted by Crippen LogP contribution is -2.39. The monoisotopic (exact) mass is 341 g/mol. The number of aromatic carboxylic acids is 1. The lowest BCUT2D eigenvalue weighted by Gasteiger charge is -2.32. The van der Waals surface area contributed by atoms with Crippen molar-refractivity contribution < 1.29 is 14.7 Å². The van der Waals surface area contributed by atoms with Crippen LogP contribution < -0.4 is 0 Å². The number of hydrogen-bond acceptors (Lipinski definition) is 3. The molecule has 0 aliphatic carbocycles. The highest BCUT2D eigenvalue weighted by molar-refractivity contribution is 5.86. The van der Waals surface area contributed by atoms with Gasteiger partial charge in [-0.2, -0.15) is 5.10 Å². The van der Waals surface area contributed by atoms with Gasteiger partial charge >= 0.3 is 5.97 Å². The molecule has 2 heterocycles. The van der Waals surface area contributed by atoms with Crippen LogP contribution in [0.3, 0.4) is 0 Å². The first-order valence-electron chi connectivity index (χ1n) is 8.63. The first kappa shape index (κ1) is 17.2. The van der Waals surface area contributed by atoms with Crippen molar-refractivity contribution in [2.45, 2.75) is 38.6 Å². The second-order valence-electron chi connectivity index (χ2n) is 6.61. The minimum atomic E-state index is -0.963. The van der Waals surface area contributed by atoms with Gasteiger partial charge in [-0.3, -0.25) is 9.48 Å². The molecule has 25 heavy (non-hydrogen) atoms.